The molecule has 0 saturated carbocycles. The summed E-state index contributed by atoms with van der Waals surface area (Å²) in [7, 11) is 4.50. The number of aryl methyl sites for hydroxylation is 1. The summed E-state index contributed by atoms with van der Waals surface area (Å²) in [5.74, 6) is 0.333. The molecule has 0 bridgehead atoms. The van der Waals surface area contributed by atoms with Crippen molar-refractivity contribution in [3.05, 3.63) is 76.4 Å². The number of carbonyl (C=O) groups is 1. The van der Waals surface area contributed by atoms with E-state index in [0.29, 0.717) is 24.8 Å². The van der Waals surface area contributed by atoms with Crippen molar-refractivity contribution in [3.63, 3.8) is 0 Å². The number of nitrogens with zero attached hydrogens (tertiary/aromatic N) is 4. The van der Waals surface area contributed by atoms with Crippen LogP contribution in [0, 0.1) is 0 Å². The summed E-state index contributed by atoms with van der Waals surface area (Å²) in [6, 6.07) is 14.4. The SMILES string of the molecule is C=C(CCC(C=O)n1c(=O)n(C)c2c(C3CCN(Cc4cccc(S(=O)N5CCC(NC)CC5)c4)CC3)cccc21)NC. The van der Waals surface area contributed by atoms with Crippen LogP contribution in [0.25, 0.3) is 11.0 Å². The monoisotopic (exact) mass is 606 g/mol. The van der Waals surface area contributed by atoms with Crippen LogP contribution in [0.1, 0.15) is 61.6 Å². The zero-order chi connectivity index (χ0) is 30.5. The van der Waals surface area contributed by atoms with Gasteiger partial charge in [-0.1, -0.05) is 30.8 Å². The van der Waals surface area contributed by atoms with Gasteiger partial charge in [0.2, 0.25) is 0 Å². The molecule has 43 heavy (non-hydrogen) atoms. The first-order valence-electron chi connectivity index (χ1n) is 15.5. The number of rotatable bonds is 12. The van der Waals surface area contributed by atoms with Gasteiger partial charge in [0.1, 0.15) is 17.3 Å². The van der Waals surface area contributed by atoms with Crippen molar-refractivity contribution in [2.45, 2.75) is 68.0 Å². The predicted molar refractivity (Wildman–Crippen MR) is 173 cm³/mol. The number of aromatic nitrogens is 2. The topological polar surface area (TPSA) is 91.6 Å². The van der Waals surface area contributed by atoms with Crippen LogP contribution in [0.3, 0.4) is 0 Å². The van der Waals surface area contributed by atoms with E-state index in [4.69, 9.17) is 0 Å². The van der Waals surface area contributed by atoms with Gasteiger partial charge in [-0.25, -0.2) is 13.3 Å². The summed E-state index contributed by atoms with van der Waals surface area (Å²) in [6.07, 6.45) is 6.05. The lowest BCUT2D eigenvalue weighted by atomic mass is 9.88. The molecule has 3 aromatic rings. The van der Waals surface area contributed by atoms with Gasteiger partial charge in [-0.05, 0) is 93.9 Å². The summed E-state index contributed by atoms with van der Waals surface area (Å²) >= 11 is 0. The quantitative estimate of drug-likeness (QED) is 0.306. The second-order valence-corrected chi connectivity index (χ2v) is 13.4. The standard InChI is InChI=1S/C33H46N6O3S/c1-24(34-2)11-12-28(23-40)39-31-10-6-9-30(32(31)36(4)33(39)41)26-13-17-37(18-14-26)22-25-7-5-8-29(21-25)43(42)38-19-15-27(35-3)16-20-38/h5-10,21,23,26-28,34-35H,1,11-20,22H2,2-4H3. The summed E-state index contributed by atoms with van der Waals surface area (Å²) in [5, 5.41) is 6.36. The summed E-state index contributed by atoms with van der Waals surface area (Å²) in [6.45, 7) is 8.39. The number of likely N-dealkylation sites (tertiary alicyclic amines) is 1. The van der Waals surface area contributed by atoms with Gasteiger partial charge in [0.25, 0.3) is 0 Å². The van der Waals surface area contributed by atoms with Gasteiger partial charge in [0, 0.05) is 45.5 Å². The largest absolute Gasteiger partial charge is 0.392 e. The summed E-state index contributed by atoms with van der Waals surface area (Å²) < 4.78 is 18.8. The number of nitrogens with one attached hydrogen (secondary N) is 2. The summed E-state index contributed by atoms with van der Waals surface area (Å²) in [4.78, 5) is 28.8. The molecule has 0 amide bonds. The van der Waals surface area contributed by atoms with E-state index in [9.17, 15) is 13.8 Å². The van der Waals surface area contributed by atoms with Gasteiger partial charge < -0.3 is 15.4 Å². The Bertz CT molecular complexity index is 1510. The minimum atomic E-state index is -1.13. The number of fused-ring (bicyclic) bond motifs is 1. The molecule has 2 saturated heterocycles. The molecule has 0 radical (unpaired) electrons. The van der Waals surface area contributed by atoms with Gasteiger partial charge >= 0.3 is 5.69 Å². The summed E-state index contributed by atoms with van der Waals surface area (Å²) in [5.41, 5.74) is 4.81. The van der Waals surface area contributed by atoms with Crippen molar-refractivity contribution in [1.82, 2.24) is 29.0 Å². The van der Waals surface area contributed by atoms with Crippen molar-refractivity contribution < 1.29 is 9.00 Å². The molecule has 1 aromatic heterocycles. The smallest absolute Gasteiger partial charge is 0.329 e. The molecule has 0 spiro atoms. The van der Waals surface area contributed by atoms with Gasteiger partial charge in [0.05, 0.1) is 22.0 Å². The number of benzene rings is 2. The average Bonchev–Trinajstić information content (AvgIpc) is 3.30. The molecule has 2 aromatic carbocycles. The maximum absolute atomic E-state index is 13.4. The molecule has 9 nitrogen and oxygen atoms in total. The first-order valence-corrected chi connectivity index (χ1v) is 16.6. The molecule has 2 atom stereocenters. The lowest BCUT2D eigenvalue weighted by Gasteiger charge is -2.33. The highest BCUT2D eigenvalue weighted by atomic mass is 32.2. The minimum absolute atomic E-state index is 0.157. The molecule has 2 fully saturated rings. The lowest BCUT2D eigenvalue weighted by Crippen LogP contribution is -2.41. The molecule has 232 valence electrons. The minimum Gasteiger partial charge on any atom is -0.392 e. The van der Waals surface area contributed by atoms with Crippen LogP contribution in [0.15, 0.2) is 64.4 Å². The molecule has 2 aliphatic heterocycles. The first-order chi connectivity index (χ1) is 20.8. The van der Waals surface area contributed by atoms with Crippen LogP contribution in [-0.2, 0) is 29.4 Å². The second-order valence-electron chi connectivity index (χ2n) is 12.0. The molecule has 0 aliphatic carbocycles. The molecule has 2 aliphatic rings. The Balaban J connectivity index is 1.26. The fourth-order valence-corrected chi connectivity index (χ4v) is 7.98. The Kier molecular flexibility index (Phi) is 10.3. The molecular formula is C33H46N6O3S. The van der Waals surface area contributed by atoms with Crippen LogP contribution in [0.4, 0.5) is 0 Å². The van der Waals surface area contributed by atoms with Crippen molar-refractivity contribution in [2.24, 2.45) is 7.05 Å². The highest BCUT2D eigenvalue weighted by Gasteiger charge is 2.27. The van der Waals surface area contributed by atoms with Crippen LogP contribution in [-0.4, -0.2) is 75.2 Å². The Morgan fingerprint density at radius 2 is 1.79 bits per heavy atom. The van der Waals surface area contributed by atoms with Crippen LogP contribution in [0.5, 0.6) is 0 Å². The van der Waals surface area contributed by atoms with E-state index in [1.165, 1.54) is 11.1 Å². The fourth-order valence-electron chi connectivity index (χ4n) is 6.70. The van der Waals surface area contributed by atoms with Crippen LogP contribution in [0.2, 0.25) is 0 Å². The molecule has 2 unspecified atom stereocenters. The Morgan fingerprint density at radius 3 is 2.47 bits per heavy atom. The number of carbonyl (C=O) groups excluding carboxylic acids is 1. The number of hydrogen-bond acceptors (Lipinski definition) is 6. The van der Waals surface area contributed by atoms with Crippen LogP contribution < -0.4 is 16.3 Å². The maximum atomic E-state index is 13.4. The van der Waals surface area contributed by atoms with Crippen molar-refractivity contribution >= 4 is 28.3 Å². The Labute approximate surface area is 257 Å². The third-order valence-electron chi connectivity index (χ3n) is 9.35. The van der Waals surface area contributed by atoms with E-state index in [0.717, 1.165) is 86.3 Å². The lowest BCUT2D eigenvalue weighted by molar-refractivity contribution is -0.110. The van der Waals surface area contributed by atoms with Gasteiger partial charge in [-0.2, -0.15) is 0 Å². The van der Waals surface area contributed by atoms with Crippen molar-refractivity contribution in [3.8, 4) is 0 Å². The normalized spacial score (nSPS) is 19.0. The molecule has 2 N–H and O–H groups in total. The number of para-hydroxylation sites is 1. The highest BCUT2D eigenvalue weighted by Crippen LogP contribution is 2.34. The van der Waals surface area contributed by atoms with Crippen molar-refractivity contribution in [1.29, 1.82) is 0 Å². The Hall–Kier alpha value is -3.05. The maximum Gasteiger partial charge on any atom is 0.329 e. The molecule has 5 rings (SSSR count). The van der Waals surface area contributed by atoms with E-state index < -0.39 is 17.0 Å². The van der Waals surface area contributed by atoms with E-state index in [1.54, 1.807) is 9.13 Å². The number of allylic oxidation sites excluding steroid dienone is 1. The number of imidazole rings is 1. The van der Waals surface area contributed by atoms with Crippen molar-refractivity contribution in [2.75, 3.05) is 40.3 Å². The molecule has 3 heterocycles. The van der Waals surface area contributed by atoms with E-state index in [2.05, 4.69) is 44.6 Å². The number of hydrogen-bond donors (Lipinski definition) is 2. The van der Waals surface area contributed by atoms with E-state index >= 15 is 0 Å². The fraction of sp³-hybridized carbons (Fsp3) is 0.515. The number of piperidine rings is 2. The first kappa shape index (κ1) is 31.4. The van der Waals surface area contributed by atoms with Gasteiger partial charge in [-0.3, -0.25) is 14.0 Å². The van der Waals surface area contributed by atoms with E-state index in [-0.39, 0.29) is 5.69 Å². The highest BCUT2D eigenvalue weighted by molar-refractivity contribution is 7.82. The zero-order valence-corrected chi connectivity index (χ0v) is 26.6. The average molecular weight is 607 g/mol. The predicted octanol–water partition coefficient (Wildman–Crippen LogP) is 3.68. The second kappa shape index (κ2) is 14.2. The van der Waals surface area contributed by atoms with Gasteiger partial charge in [-0.15, -0.1) is 0 Å². The Morgan fingerprint density at radius 1 is 1.07 bits per heavy atom. The van der Waals surface area contributed by atoms with E-state index in [1.807, 2.05) is 45.4 Å². The van der Waals surface area contributed by atoms with Crippen LogP contribution >= 0.6 is 0 Å². The van der Waals surface area contributed by atoms with Gasteiger partial charge in [0.15, 0.2) is 0 Å². The zero-order valence-electron chi connectivity index (χ0n) is 25.8. The third kappa shape index (κ3) is 6.87. The molecule has 10 heteroatoms. The third-order valence-corrected chi connectivity index (χ3v) is 10.8. The number of aldehydes is 1. The molecular weight excluding hydrogens is 560 g/mol.